The van der Waals surface area contributed by atoms with Crippen molar-refractivity contribution in [3.05, 3.63) is 101 Å². The molecule has 0 fully saturated rings. The standard InChI is InChI=1S/C23H17ClN2O2/c1-15-12-13-17(14-19(15)24)25-21-20(16-8-4-2-5-9-16)22(27)26(23(21)28)18-10-6-3-7-11-18/h2-14,25H,1H3. The van der Waals surface area contributed by atoms with Gasteiger partial charge in [0, 0.05) is 10.7 Å². The number of carbonyl (C=O) groups is 2. The van der Waals surface area contributed by atoms with Crippen LogP contribution in [0.3, 0.4) is 0 Å². The fraction of sp³-hybridized carbons (Fsp3) is 0.0435. The lowest BCUT2D eigenvalue weighted by atomic mass is 10.0. The predicted molar refractivity (Wildman–Crippen MR) is 112 cm³/mol. The van der Waals surface area contributed by atoms with Crippen molar-refractivity contribution in [1.29, 1.82) is 0 Å². The van der Waals surface area contributed by atoms with Crippen LogP contribution in [0.4, 0.5) is 11.4 Å². The Hall–Kier alpha value is -3.37. The first-order valence-electron chi connectivity index (χ1n) is 8.83. The molecule has 0 bridgehead atoms. The van der Waals surface area contributed by atoms with E-state index in [-0.39, 0.29) is 11.6 Å². The first kappa shape index (κ1) is 18.0. The van der Waals surface area contributed by atoms with Gasteiger partial charge in [-0.25, -0.2) is 4.90 Å². The summed E-state index contributed by atoms with van der Waals surface area (Å²) in [7, 11) is 0. The third-order valence-corrected chi connectivity index (χ3v) is 5.01. The molecule has 1 aliphatic rings. The SMILES string of the molecule is Cc1ccc(NC2=C(c3ccccc3)C(=O)N(c3ccccc3)C2=O)cc1Cl. The highest BCUT2D eigenvalue weighted by atomic mass is 35.5. The molecule has 3 aromatic carbocycles. The number of rotatable bonds is 4. The fourth-order valence-electron chi connectivity index (χ4n) is 3.14. The van der Waals surface area contributed by atoms with Crippen LogP contribution >= 0.6 is 11.6 Å². The van der Waals surface area contributed by atoms with Crippen molar-refractivity contribution < 1.29 is 9.59 Å². The normalized spacial score (nSPS) is 14.0. The molecule has 138 valence electrons. The molecule has 0 saturated heterocycles. The Bertz CT molecular complexity index is 1090. The van der Waals surface area contributed by atoms with Gasteiger partial charge in [0.25, 0.3) is 11.8 Å². The third-order valence-electron chi connectivity index (χ3n) is 4.60. The average Bonchev–Trinajstić information content (AvgIpc) is 2.96. The van der Waals surface area contributed by atoms with Gasteiger partial charge in [0.05, 0.1) is 11.3 Å². The molecule has 0 unspecified atom stereocenters. The maximum atomic E-state index is 13.2. The molecule has 5 heteroatoms. The maximum Gasteiger partial charge on any atom is 0.282 e. The molecule has 1 heterocycles. The first-order chi connectivity index (χ1) is 13.6. The van der Waals surface area contributed by atoms with E-state index in [1.54, 1.807) is 30.3 Å². The van der Waals surface area contributed by atoms with Crippen molar-refractivity contribution in [1.82, 2.24) is 0 Å². The number of para-hydroxylation sites is 1. The van der Waals surface area contributed by atoms with E-state index in [0.29, 0.717) is 27.5 Å². The van der Waals surface area contributed by atoms with Crippen LogP contribution < -0.4 is 10.2 Å². The summed E-state index contributed by atoms with van der Waals surface area (Å²) in [5, 5.41) is 3.71. The number of halogens is 1. The summed E-state index contributed by atoms with van der Waals surface area (Å²) < 4.78 is 0. The van der Waals surface area contributed by atoms with Gasteiger partial charge >= 0.3 is 0 Å². The largest absolute Gasteiger partial charge is 0.350 e. The van der Waals surface area contributed by atoms with Crippen LogP contribution in [-0.2, 0) is 9.59 Å². The molecule has 2 amide bonds. The smallest absolute Gasteiger partial charge is 0.282 e. The topological polar surface area (TPSA) is 49.4 Å². The van der Waals surface area contributed by atoms with Crippen molar-refractivity contribution >= 4 is 40.4 Å². The zero-order valence-electron chi connectivity index (χ0n) is 15.1. The van der Waals surface area contributed by atoms with Crippen molar-refractivity contribution in [2.45, 2.75) is 6.92 Å². The van der Waals surface area contributed by atoms with Gasteiger partial charge in [0.2, 0.25) is 0 Å². The molecule has 0 saturated carbocycles. The van der Waals surface area contributed by atoms with E-state index in [1.807, 2.05) is 55.5 Å². The number of hydrogen-bond acceptors (Lipinski definition) is 3. The van der Waals surface area contributed by atoms with Crippen molar-refractivity contribution in [2.24, 2.45) is 0 Å². The van der Waals surface area contributed by atoms with Gasteiger partial charge in [-0.15, -0.1) is 0 Å². The van der Waals surface area contributed by atoms with Gasteiger partial charge < -0.3 is 5.32 Å². The fourth-order valence-corrected chi connectivity index (χ4v) is 3.33. The Kier molecular flexibility index (Phi) is 4.72. The lowest BCUT2D eigenvalue weighted by Crippen LogP contribution is -2.32. The maximum absolute atomic E-state index is 13.2. The highest BCUT2D eigenvalue weighted by Crippen LogP contribution is 2.34. The van der Waals surface area contributed by atoms with Gasteiger partial charge in [0.15, 0.2) is 0 Å². The lowest BCUT2D eigenvalue weighted by Gasteiger charge is -2.15. The van der Waals surface area contributed by atoms with E-state index >= 15 is 0 Å². The summed E-state index contributed by atoms with van der Waals surface area (Å²) in [5.74, 6) is -0.755. The minimum absolute atomic E-state index is 0.236. The number of aryl methyl sites for hydroxylation is 1. The van der Waals surface area contributed by atoms with E-state index in [4.69, 9.17) is 11.6 Å². The van der Waals surface area contributed by atoms with Crippen molar-refractivity contribution in [3.63, 3.8) is 0 Å². The summed E-state index contributed by atoms with van der Waals surface area (Å²) in [6.45, 7) is 1.90. The van der Waals surface area contributed by atoms with Gasteiger partial charge in [-0.05, 0) is 42.3 Å². The van der Waals surface area contributed by atoms with Crippen molar-refractivity contribution in [3.8, 4) is 0 Å². The summed E-state index contributed by atoms with van der Waals surface area (Å²) in [6.07, 6.45) is 0. The minimum Gasteiger partial charge on any atom is -0.350 e. The van der Waals surface area contributed by atoms with E-state index in [2.05, 4.69) is 5.32 Å². The number of hydrogen-bond donors (Lipinski definition) is 1. The minimum atomic E-state index is -0.397. The zero-order valence-corrected chi connectivity index (χ0v) is 15.9. The van der Waals surface area contributed by atoms with Gasteiger partial charge in [-0.3, -0.25) is 9.59 Å². The highest BCUT2D eigenvalue weighted by Gasteiger charge is 2.40. The summed E-state index contributed by atoms with van der Waals surface area (Å²) in [6, 6.07) is 23.5. The Morgan fingerprint density at radius 3 is 2.11 bits per heavy atom. The van der Waals surface area contributed by atoms with Crippen LogP contribution in [0.5, 0.6) is 0 Å². The Labute approximate surface area is 168 Å². The number of carbonyl (C=O) groups excluding carboxylic acids is 2. The molecule has 0 atom stereocenters. The second-order valence-corrected chi connectivity index (χ2v) is 6.89. The van der Waals surface area contributed by atoms with Crippen LogP contribution in [0.25, 0.3) is 5.57 Å². The van der Waals surface area contributed by atoms with E-state index in [9.17, 15) is 9.59 Å². The molecule has 1 aliphatic heterocycles. The van der Waals surface area contributed by atoms with Crippen molar-refractivity contribution in [2.75, 3.05) is 10.2 Å². The number of benzene rings is 3. The van der Waals surface area contributed by atoms with E-state index in [1.165, 1.54) is 4.90 Å². The Balaban J connectivity index is 1.82. The zero-order chi connectivity index (χ0) is 19.7. The van der Waals surface area contributed by atoms with Crippen LogP contribution in [0, 0.1) is 6.92 Å². The second-order valence-electron chi connectivity index (χ2n) is 6.49. The number of imide groups is 1. The average molecular weight is 389 g/mol. The molecule has 28 heavy (non-hydrogen) atoms. The summed E-state index contributed by atoms with van der Waals surface area (Å²) in [5.41, 5.74) is 3.37. The summed E-state index contributed by atoms with van der Waals surface area (Å²) >= 11 is 6.22. The molecular weight excluding hydrogens is 372 g/mol. The Morgan fingerprint density at radius 1 is 0.821 bits per heavy atom. The molecule has 4 nitrogen and oxygen atoms in total. The molecule has 0 radical (unpaired) electrons. The molecule has 0 aromatic heterocycles. The number of nitrogens with zero attached hydrogens (tertiary/aromatic N) is 1. The molecule has 0 aliphatic carbocycles. The van der Waals surface area contributed by atoms with E-state index in [0.717, 1.165) is 5.56 Å². The van der Waals surface area contributed by atoms with Gasteiger partial charge in [-0.2, -0.15) is 0 Å². The monoisotopic (exact) mass is 388 g/mol. The third kappa shape index (κ3) is 3.19. The Morgan fingerprint density at radius 2 is 1.46 bits per heavy atom. The highest BCUT2D eigenvalue weighted by molar-refractivity contribution is 6.46. The molecule has 0 spiro atoms. The van der Waals surface area contributed by atoms with Gasteiger partial charge in [0.1, 0.15) is 5.70 Å². The predicted octanol–water partition coefficient (Wildman–Crippen LogP) is 5.05. The first-order valence-corrected chi connectivity index (χ1v) is 9.21. The molecule has 3 aromatic rings. The van der Waals surface area contributed by atoms with Crippen LogP contribution in [0.15, 0.2) is 84.6 Å². The van der Waals surface area contributed by atoms with Crippen LogP contribution in [0.1, 0.15) is 11.1 Å². The number of nitrogens with one attached hydrogen (secondary N) is 1. The van der Waals surface area contributed by atoms with E-state index < -0.39 is 5.91 Å². The number of anilines is 2. The second kappa shape index (κ2) is 7.33. The molecule has 4 rings (SSSR count). The van der Waals surface area contributed by atoms with Crippen LogP contribution in [0.2, 0.25) is 5.02 Å². The lowest BCUT2D eigenvalue weighted by molar-refractivity contribution is -0.120. The molecule has 1 N–H and O–H groups in total. The summed E-state index contributed by atoms with van der Waals surface area (Å²) in [4.78, 5) is 27.6. The van der Waals surface area contributed by atoms with Crippen LogP contribution in [-0.4, -0.2) is 11.8 Å². The molecular formula is C23H17ClN2O2. The van der Waals surface area contributed by atoms with Gasteiger partial charge in [-0.1, -0.05) is 66.2 Å². The number of amides is 2. The quantitative estimate of drug-likeness (QED) is 0.636.